The van der Waals surface area contributed by atoms with Crippen LogP contribution in [0.15, 0.2) is 0 Å². The van der Waals surface area contributed by atoms with Crippen molar-refractivity contribution in [3.8, 4) is 0 Å². The van der Waals surface area contributed by atoms with E-state index in [2.05, 4.69) is 0 Å². The van der Waals surface area contributed by atoms with Crippen molar-refractivity contribution in [1.82, 2.24) is 6.15 Å². The Labute approximate surface area is 69.6 Å². The number of rotatable bonds is 0. The first-order valence-corrected chi connectivity index (χ1v) is 0. The Morgan fingerprint density at radius 2 is 0.333 bits per heavy atom. The molecule has 0 aromatic rings. The molecular weight excluding hydrogens is 182 g/mol. The molecule has 56 valence electrons. The van der Waals surface area contributed by atoms with Crippen LogP contribution in [0.25, 0.3) is 0 Å². The molecule has 3 N–H and O–H groups in total. The molecule has 0 heterocycles. The predicted molar refractivity (Wildman–Crippen MR) is 16.5 cm³/mol. The van der Waals surface area contributed by atoms with Gasteiger partial charge in [-0.15, -0.1) is 0 Å². The number of hydrogen-bond acceptors (Lipinski definition) is 1. The summed E-state index contributed by atoms with van der Waals surface area (Å²) >= 11 is 0. The monoisotopic (exact) mass is 185 g/mol. The third-order valence-electron chi connectivity index (χ3n) is 0. The summed E-state index contributed by atoms with van der Waals surface area (Å²) in [6, 6.07) is 0. The van der Waals surface area contributed by atoms with Gasteiger partial charge >= 0.3 is 34.7 Å². The van der Waals surface area contributed by atoms with E-state index in [1.807, 2.05) is 0 Å². The van der Waals surface area contributed by atoms with Crippen LogP contribution in [0.5, 0.6) is 0 Å². The van der Waals surface area contributed by atoms with Gasteiger partial charge < -0.3 is 34.4 Å². The van der Waals surface area contributed by atoms with Gasteiger partial charge in [0.2, 0.25) is 0 Å². The van der Waals surface area contributed by atoms with Crippen molar-refractivity contribution in [2.75, 3.05) is 0 Å². The van der Waals surface area contributed by atoms with E-state index in [1.54, 1.807) is 0 Å². The molecule has 0 aliphatic carbocycles. The fourth-order valence-corrected chi connectivity index (χ4v) is 0. The third kappa shape index (κ3) is 1030. The Bertz CT molecular complexity index is 11.0. The molecule has 0 saturated heterocycles. The van der Waals surface area contributed by atoms with E-state index in [0.29, 0.717) is 0 Å². The molecule has 0 saturated carbocycles. The fraction of sp³-hybridized carbons (Fsp3) is 0. The standard InChI is InChI=1S/2Al.6FH.H3N/h;;6*1H;1H3/q2*+3;;;;;;;/p-6. The predicted octanol–water partition coefficient (Wildman–Crippen LogP) is -18.6. The molecule has 0 unspecified atom stereocenters. The SMILES string of the molecule is N.[Al+3].[Al+3].[F-].[F-].[F-].[F-].[F-].[F-]. The minimum absolute atomic E-state index is 0. The van der Waals surface area contributed by atoms with E-state index in [1.165, 1.54) is 0 Å². The summed E-state index contributed by atoms with van der Waals surface area (Å²) in [5, 5.41) is 0. The van der Waals surface area contributed by atoms with Crippen molar-refractivity contribution in [1.29, 1.82) is 0 Å². The minimum Gasteiger partial charge on any atom is -1.00 e. The Kier molecular flexibility index (Phi) is 294000. The number of halogens is 6. The van der Waals surface area contributed by atoms with Crippen molar-refractivity contribution in [2.45, 2.75) is 0 Å². The first-order chi connectivity index (χ1) is 0. The quantitative estimate of drug-likeness (QED) is 0.295. The van der Waals surface area contributed by atoms with Crippen molar-refractivity contribution in [2.24, 2.45) is 0 Å². The largest absolute Gasteiger partial charge is 3.00 e. The van der Waals surface area contributed by atoms with Crippen LogP contribution >= 0.6 is 0 Å². The van der Waals surface area contributed by atoms with Crippen molar-refractivity contribution >= 4 is 34.7 Å². The first-order valence-electron chi connectivity index (χ1n) is 0. The molecule has 0 atom stereocenters. The molecule has 0 bridgehead atoms. The molecule has 0 aromatic carbocycles. The van der Waals surface area contributed by atoms with Crippen molar-refractivity contribution < 1.29 is 28.2 Å². The average molecular weight is 185 g/mol. The zero-order valence-electron chi connectivity index (χ0n) is 4.13. The second-order valence-corrected chi connectivity index (χ2v) is 0. The summed E-state index contributed by atoms with van der Waals surface area (Å²) in [6.07, 6.45) is 0. The van der Waals surface area contributed by atoms with Crippen LogP contribution in [0.1, 0.15) is 0 Å². The van der Waals surface area contributed by atoms with Gasteiger partial charge in [-0.25, -0.2) is 0 Å². The fourth-order valence-electron chi connectivity index (χ4n) is 0. The molecular formula is H3Al2F6N. The van der Waals surface area contributed by atoms with E-state index >= 15 is 0 Å². The van der Waals surface area contributed by atoms with Gasteiger partial charge in [0.15, 0.2) is 0 Å². The van der Waals surface area contributed by atoms with Crippen LogP contribution in [-0.4, -0.2) is 34.7 Å². The van der Waals surface area contributed by atoms with Gasteiger partial charge in [-0.3, -0.25) is 0 Å². The summed E-state index contributed by atoms with van der Waals surface area (Å²) in [5.41, 5.74) is 0. The second kappa shape index (κ2) is 1360. The van der Waals surface area contributed by atoms with Crippen molar-refractivity contribution in [3.05, 3.63) is 0 Å². The molecule has 0 amide bonds. The molecule has 0 aromatic heterocycles. The average Bonchev–Trinajstić information content (AvgIpc) is 0. The van der Waals surface area contributed by atoms with Crippen molar-refractivity contribution in [3.63, 3.8) is 0 Å². The summed E-state index contributed by atoms with van der Waals surface area (Å²) in [7, 11) is 0. The van der Waals surface area contributed by atoms with Crippen LogP contribution in [-0.2, 0) is 0 Å². The zero-order valence-corrected chi connectivity index (χ0v) is 6.44. The van der Waals surface area contributed by atoms with Gasteiger partial charge in [0.25, 0.3) is 0 Å². The van der Waals surface area contributed by atoms with Gasteiger partial charge in [0.1, 0.15) is 0 Å². The van der Waals surface area contributed by atoms with E-state index in [9.17, 15) is 0 Å². The smallest absolute Gasteiger partial charge is 1.00 e. The second-order valence-electron chi connectivity index (χ2n) is 0. The van der Waals surface area contributed by atoms with E-state index in [-0.39, 0.29) is 69.1 Å². The van der Waals surface area contributed by atoms with Crippen LogP contribution in [0, 0.1) is 0 Å². The summed E-state index contributed by atoms with van der Waals surface area (Å²) in [5.74, 6) is 0. The molecule has 0 aliphatic rings. The van der Waals surface area contributed by atoms with Gasteiger partial charge in [-0.2, -0.15) is 0 Å². The molecule has 0 fully saturated rings. The maximum absolute atomic E-state index is 0. The Morgan fingerprint density at radius 3 is 0.333 bits per heavy atom. The Morgan fingerprint density at radius 1 is 0.333 bits per heavy atom. The molecule has 9 heteroatoms. The third-order valence-corrected chi connectivity index (χ3v) is 0. The van der Waals surface area contributed by atoms with E-state index in [4.69, 9.17) is 0 Å². The van der Waals surface area contributed by atoms with Crippen LogP contribution in [0.4, 0.5) is 0 Å². The van der Waals surface area contributed by atoms with Gasteiger partial charge in [-0.1, -0.05) is 0 Å². The van der Waals surface area contributed by atoms with Gasteiger partial charge in [0.05, 0.1) is 0 Å². The minimum atomic E-state index is 0. The van der Waals surface area contributed by atoms with Crippen LogP contribution in [0.3, 0.4) is 0 Å². The Hall–Kier alpha value is 0.605. The number of hydrogen-bond donors (Lipinski definition) is 1. The van der Waals surface area contributed by atoms with E-state index < -0.39 is 0 Å². The van der Waals surface area contributed by atoms with Crippen LogP contribution in [0.2, 0.25) is 0 Å². The molecule has 1 nitrogen and oxygen atoms in total. The molecule has 0 aliphatic heterocycles. The first kappa shape index (κ1) is 1940. The zero-order chi connectivity index (χ0) is 0. The van der Waals surface area contributed by atoms with Gasteiger partial charge in [0, 0.05) is 0 Å². The summed E-state index contributed by atoms with van der Waals surface area (Å²) in [6.45, 7) is 0. The maximum atomic E-state index is 0. The summed E-state index contributed by atoms with van der Waals surface area (Å²) < 4.78 is 0. The normalized spacial score (nSPS) is 0. The Balaban J connectivity index is 0. The molecule has 0 rings (SSSR count). The van der Waals surface area contributed by atoms with E-state index in [0.717, 1.165) is 0 Å². The topological polar surface area (TPSA) is 35.0 Å². The molecule has 0 radical (unpaired) electrons. The van der Waals surface area contributed by atoms with Crippen LogP contribution < -0.4 is 34.4 Å². The molecule has 0 spiro atoms. The maximum Gasteiger partial charge on any atom is 3.00 e. The van der Waals surface area contributed by atoms with Gasteiger partial charge in [-0.05, 0) is 0 Å². The summed E-state index contributed by atoms with van der Waals surface area (Å²) in [4.78, 5) is 0. The molecule has 9 heavy (non-hydrogen) atoms.